The van der Waals surface area contributed by atoms with E-state index >= 15 is 0 Å². The Bertz CT molecular complexity index is 1160. The lowest BCUT2D eigenvalue weighted by Gasteiger charge is -2.29. The second-order valence-corrected chi connectivity index (χ2v) is 11.6. The van der Waals surface area contributed by atoms with Crippen molar-refractivity contribution in [1.82, 2.24) is 9.29 Å². The fourth-order valence-electron chi connectivity index (χ4n) is 4.13. The number of amides is 1. The standard InChI is InChI=1S/C23H27Cl2N3O5S/c1-32-23-18(15-3-4-15)12-17(13-26-23)33-22-19(24)10-16(11-20(22)25)27-21(29)9-14-5-7-28(8-6-14)34(2,30)31/h10-15H,3-9H2,1-2H3,(H,27,29). The monoisotopic (exact) mass is 527 g/mol. The number of methoxy groups -OCH3 is 1. The van der Waals surface area contributed by atoms with Crippen LogP contribution < -0.4 is 14.8 Å². The summed E-state index contributed by atoms with van der Waals surface area (Å²) in [6, 6.07) is 5.07. The first kappa shape index (κ1) is 25.0. The molecule has 0 spiro atoms. The first-order chi connectivity index (χ1) is 16.1. The number of piperidine rings is 1. The Labute approximate surface area is 209 Å². The number of pyridine rings is 1. The van der Waals surface area contributed by atoms with Gasteiger partial charge in [-0.3, -0.25) is 4.79 Å². The van der Waals surface area contributed by atoms with Gasteiger partial charge in [-0.25, -0.2) is 17.7 Å². The third kappa shape index (κ3) is 6.13. The fraction of sp³-hybridized carbons (Fsp3) is 0.478. The summed E-state index contributed by atoms with van der Waals surface area (Å²) in [5, 5.41) is 3.34. The van der Waals surface area contributed by atoms with Gasteiger partial charge < -0.3 is 14.8 Å². The van der Waals surface area contributed by atoms with Crippen molar-refractivity contribution in [2.45, 2.75) is 38.0 Å². The Morgan fingerprint density at radius 3 is 2.35 bits per heavy atom. The second kappa shape index (κ2) is 10.3. The molecule has 8 nitrogen and oxygen atoms in total. The van der Waals surface area contributed by atoms with Gasteiger partial charge in [-0.2, -0.15) is 0 Å². The highest BCUT2D eigenvalue weighted by Crippen LogP contribution is 2.46. The number of sulfonamides is 1. The number of anilines is 1. The van der Waals surface area contributed by atoms with Crippen molar-refractivity contribution in [3.8, 4) is 17.4 Å². The van der Waals surface area contributed by atoms with Crippen LogP contribution in [-0.4, -0.2) is 50.1 Å². The fourth-order valence-corrected chi connectivity index (χ4v) is 5.57. The van der Waals surface area contributed by atoms with E-state index in [-0.39, 0.29) is 27.6 Å². The number of aromatic nitrogens is 1. The summed E-state index contributed by atoms with van der Waals surface area (Å²) in [4.78, 5) is 16.9. The maximum Gasteiger partial charge on any atom is 0.224 e. The molecule has 1 saturated heterocycles. The van der Waals surface area contributed by atoms with Gasteiger partial charge in [-0.1, -0.05) is 23.2 Å². The van der Waals surface area contributed by atoms with Crippen LogP contribution in [0.15, 0.2) is 24.4 Å². The number of hydrogen-bond acceptors (Lipinski definition) is 6. The molecule has 2 fully saturated rings. The average molecular weight is 528 g/mol. The third-order valence-electron chi connectivity index (χ3n) is 6.08. The third-order valence-corrected chi connectivity index (χ3v) is 7.95. The summed E-state index contributed by atoms with van der Waals surface area (Å²) in [5.41, 5.74) is 1.46. The second-order valence-electron chi connectivity index (χ2n) is 8.77. The minimum Gasteiger partial charge on any atom is -0.481 e. The molecule has 1 saturated carbocycles. The molecule has 1 aromatic carbocycles. The lowest BCUT2D eigenvalue weighted by molar-refractivity contribution is -0.117. The van der Waals surface area contributed by atoms with Crippen LogP contribution >= 0.6 is 23.2 Å². The molecular formula is C23H27Cl2N3O5S. The first-order valence-electron chi connectivity index (χ1n) is 11.1. The molecule has 0 atom stereocenters. The first-order valence-corrected chi connectivity index (χ1v) is 13.7. The quantitative estimate of drug-likeness (QED) is 0.514. The summed E-state index contributed by atoms with van der Waals surface area (Å²) in [5.74, 6) is 1.74. The smallest absolute Gasteiger partial charge is 0.224 e. The molecule has 2 aliphatic rings. The zero-order valence-corrected chi connectivity index (χ0v) is 21.3. The van der Waals surface area contributed by atoms with Gasteiger partial charge in [0, 0.05) is 30.8 Å². The van der Waals surface area contributed by atoms with Crippen molar-refractivity contribution in [3.63, 3.8) is 0 Å². The van der Waals surface area contributed by atoms with Crippen molar-refractivity contribution < 1.29 is 22.7 Å². The molecule has 1 N–H and O–H groups in total. The van der Waals surface area contributed by atoms with Gasteiger partial charge in [0.2, 0.25) is 21.8 Å². The van der Waals surface area contributed by atoms with Crippen LogP contribution in [0.2, 0.25) is 10.0 Å². The lowest BCUT2D eigenvalue weighted by Crippen LogP contribution is -2.38. The Morgan fingerprint density at radius 1 is 1.15 bits per heavy atom. The van der Waals surface area contributed by atoms with Crippen molar-refractivity contribution >= 4 is 44.8 Å². The number of nitrogens with zero attached hydrogens (tertiary/aromatic N) is 2. The summed E-state index contributed by atoms with van der Waals surface area (Å²) in [7, 11) is -1.60. The maximum absolute atomic E-state index is 12.5. The highest BCUT2D eigenvalue weighted by Gasteiger charge is 2.29. The van der Waals surface area contributed by atoms with Gasteiger partial charge in [-0.15, -0.1) is 0 Å². The van der Waals surface area contributed by atoms with E-state index in [0.717, 1.165) is 18.4 Å². The maximum atomic E-state index is 12.5. The number of hydrogen-bond donors (Lipinski definition) is 1. The Balaban J connectivity index is 1.38. The van der Waals surface area contributed by atoms with E-state index in [2.05, 4.69) is 10.3 Å². The van der Waals surface area contributed by atoms with E-state index in [0.29, 0.717) is 55.6 Å². The molecule has 1 aliphatic heterocycles. The molecule has 2 aromatic rings. The van der Waals surface area contributed by atoms with E-state index in [4.69, 9.17) is 32.7 Å². The topological polar surface area (TPSA) is 97.8 Å². The van der Waals surface area contributed by atoms with Crippen molar-refractivity contribution in [1.29, 1.82) is 0 Å². The zero-order chi connectivity index (χ0) is 24.5. The summed E-state index contributed by atoms with van der Waals surface area (Å²) < 4.78 is 36.0. The Hall–Kier alpha value is -2.07. The molecule has 1 aromatic heterocycles. The van der Waals surface area contributed by atoms with Crippen LogP contribution in [0.1, 0.15) is 43.6 Å². The van der Waals surface area contributed by atoms with Gasteiger partial charge in [0.05, 0.1) is 29.6 Å². The summed E-state index contributed by atoms with van der Waals surface area (Å²) >= 11 is 12.8. The lowest BCUT2D eigenvalue weighted by atomic mass is 9.94. The minimum absolute atomic E-state index is 0.120. The van der Waals surface area contributed by atoms with E-state index in [9.17, 15) is 13.2 Å². The predicted octanol–water partition coefficient (Wildman–Crippen LogP) is 5.07. The number of halogens is 2. The van der Waals surface area contributed by atoms with Crippen LogP contribution in [0.4, 0.5) is 5.69 Å². The molecule has 1 aliphatic carbocycles. The molecule has 184 valence electrons. The van der Waals surface area contributed by atoms with Crippen LogP contribution in [0.5, 0.6) is 17.4 Å². The molecule has 1 amide bonds. The van der Waals surface area contributed by atoms with Crippen molar-refractivity contribution in [2.75, 3.05) is 31.8 Å². The Morgan fingerprint density at radius 2 is 1.79 bits per heavy atom. The molecule has 4 rings (SSSR count). The molecule has 0 unspecified atom stereocenters. The van der Waals surface area contributed by atoms with E-state index in [1.165, 1.54) is 10.6 Å². The van der Waals surface area contributed by atoms with Gasteiger partial charge in [-0.05, 0) is 55.7 Å². The van der Waals surface area contributed by atoms with Crippen LogP contribution in [0.25, 0.3) is 0 Å². The summed E-state index contributed by atoms with van der Waals surface area (Å²) in [6.45, 7) is 0.867. The van der Waals surface area contributed by atoms with E-state index < -0.39 is 10.0 Å². The minimum atomic E-state index is -3.19. The number of rotatable bonds is 8. The highest BCUT2D eigenvalue weighted by atomic mass is 35.5. The number of ether oxygens (including phenoxy) is 2. The summed E-state index contributed by atoms with van der Waals surface area (Å²) in [6.07, 6.45) is 6.54. The molecule has 0 radical (unpaired) electrons. The molecular weight excluding hydrogens is 501 g/mol. The molecule has 2 heterocycles. The number of nitrogens with one attached hydrogen (secondary N) is 1. The van der Waals surface area contributed by atoms with Gasteiger partial charge >= 0.3 is 0 Å². The largest absolute Gasteiger partial charge is 0.481 e. The van der Waals surface area contributed by atoms with E-state index in [1.54, 1.807) is 25.4 Å². The van der Waals surface area contributed by atoms with Crippen molar-refractivity contribution in [3.05, 3.63) is 40.0 Å². The van der Waals surface area contributed by atoms with Crippen LogP contribution in [0.3, 0.4) is 0 Å². The SMILES string of the molecule is COc1ncc(Oc2c(Cl)cc(NC(=O)CC3CCN(S(C)(=O)=O)CC3)cc2Cl)cc1C1CC1. The van der Waals surface area contributed by atoms with Crippen LogP contribution in [0, 0.1) is 5.92 Å². The van der Waals surface area contributed by atoms with E-state index in [1.807, 2.05) is 6.07 Å². The normalized spacial score (nSPS) is 17.4. The van der Waals surface area contributed by atoms with Gasteiger partial charge in [0.25, 0.3) is 0 Å². The molecule has 0 bridgehead atoms. The Kier molecular flexibility index (Phi) is 7.57. The zero-order valence-electron chi connectivity index (χ0n) is 19.0. The number of carbonyl (C=O) groups is 1. The molecule has 11 heteroatoms. The predicted molar refractivity (Wildman–Crippen MR) is 132 cm³/mol. The number of carbonyl (C=O) groups excluding carboxylic acids is 1. The van der Waals surface area contributed by atoms with Gasteiger partial charge in [0.15, 0.2) is 5.75 Å². The number of benzene rings is 1. The van der Waals surface area contributed by atoms with Crippen LogP contribution in [-0.2, 0) is 14.8 Å². The average Bonchev–Trinajstić information content (AvgIpc) is 3.61. The molecule has 34 heavy (non-hydrogen) atoms. The van der Waals surface area contributed by atoms with Gasteiger partial charge in [0.1, 0.15) is 5.75 Å². The van der Waals surface area contributed by atoms with Crippen molar-refractivity contribution in [2.24, 2.45) is 5.92 Å². The highest BCUT2D eigenvalue weighted by molar-refractivity contribution is 7.88.